The van der Waals surface area contributed by atoms with Crippen molar-refractivity contribution in [3.8, 4) is 5.75 Å². The number of sulfonamides is 1. The van der Waals surface area contributed by atoms with E-state index in [9.17, 15) is 13.2 Å². The monoisotopic (exact) mass is 368 g/mol. The predicted molar refractivity (Wildman–Crippen MR) is 98.2 cm³/mol. The number of benzene rings is 1. The summed E-state index contributed by atoms with van der Waals surface area (Å²) in [4.78, 5) is 14.1. The number of carbonyl (C=O) groups is 1. The summed E-state index contributed by atoms with van der Waals surface area (Å²) in [5.74, 6) is 0.665. The lowest BCUT2D eigenvalue weighted by molar-refractivity contribution is -0.134. The predicted octanol–water partition coefficient (Wildman–Crippen LogP) is 1.90. The van der Waals surface area contributed by atoms with Gasteiger partial charge in [-0.1, -0.05) is 39.0 Å². The van der Waals surface area contributed by atoms with Crippen molar-refractivity contribution in [3.05, 3.63) is 29.8 Å². The number of hydrogen-bond acceptors (Lipinski definition) is 4. The number of amides is 1. The Labute approximate surface area is 150 Å². The maximum atomic E-state index is 12.4. The summed E-state index contributed by atoms with van der Waals surface area (Å²) in [6.45, 7) is 7.40. The van der Waals surface area contributed by atoms with Gasteiger partial charge in [0.05, 0.1) is 6.26 Å². The normalized spacial score (nSPS) is 16.7. The van der Waals surface area contributed by atoms with Crippen molar-refractivity contribution in [1.82, 2.24) is 9.62 Å². The van der Waals surface area contributed by atoms with Crippen LogP contribution >= 0.6 is 0 Å². The molecule has 7 heteroatoms. The highest BCUT2D eigenvalue weighted by molar-refractivity contribution is 7.88. The number of hydrogen-bond donors (Lipinski definition) is 1. The molecule has 1 aromatic carbocycles. The van der Waals surface area contributed by atoms with Crippen molar-refractivity contribution < 1.29 is 17.9 Å². The number of piperidine rings is 1. The van der Waals surface area contributed by atoms with E-state index in [0.29, 0.717) is 25.9 Å². The third-order valence-electron chi connectivity index (χ3n) is 4.27. The van der Waals surface area contributed by atoms with Gasteiger partial charge in [0.15, 0.2) is 6.61 Å². The van der Waals surface area contributed by atoms with Gasteiger partial charge >= 0.3 is 0 Å². The molecule has 1 aliphatic heterocycles. The molecule has 1 heterocycles. The van der Waals surface area contributed by atoms with Crippen molar-refractivity contribution in [2.75, 3.05) is 26.0 Å². The van der Waals surface area contributed by atoms with Gasteiger partial charge < -0.3 is 9.64 Å². The zero-order chi connectivity index (χ0) is 18.7. The Balaban J connectivity index is 1.88. The highest BCUT2D eigenvalue weighted by Crippen LogP contribution is 2.30. The van der Waals surface area contributed by atoms with Crippen molar-refractivity contribution in [2.45, 2.75) is 45.1 Å². The summed E-state index contributed by atoms with van der Waals surface area (Å²) in [6, 6.07) is 7.67. The van der Waals surface area contributed by atoms with Gasteiger partial charge in [0, 0.05) is 19.1 Å². The smallest absolute Gasteiger partial charge is 0.260 e. The Morgan fingerprint density at radius 1 is 1.24 bits per heavy atom. The average molecular weight is 368 g/mol. The number of nitrogens with zero attached hydrogens (tertiary/aromatic N) is 1. The largest absolute Gasteiger partial charge is 0.483 e. The summed E-state index contributed by atoms with van der Waals surface area (Å²) in [5.41, 5.74) is 1.01. The van der Waals surface area contributed by atoms with E-state index in [4.69, 9.17) is 4.74 Å². The zero-order valence-electron chi connectivity index (χ0n) is 15.4. The van der Waals surface area contributed by atoms with Crippen molar-refractivity contribution >= 4 is 15.9 Å². The molecular weight excluding hydrogens is 340 g/mol. The molecule has 1 amide bonds. The Morgan fingerprint density at radius 3 is 2.40 bits per heavy atom. The minimum atomic E-state index is -3.20. The fraction of sp³-hybridized carbons (Fsp3) is 0.611. The standard InChI is InChI=1S/C18H28N2O4S/c1-18(2,3)15-7-5-6-8-16(15)24-13-17(21)20-11-9-14(10-12-20)19-25(4,22)23/h5-8,14,19H,9-13H2,1-4H3. The Bertz CT molecular complexity index is 702. The highest BCUT2D eigenvalue weighted by atomic mass is 32.2. The second-order valence-electron chi connectivity index (χ2n) is 7.58. The third-order valence-corrected chi connectivity index (χ3v) is 5.04. The second kappa shape index (κ2) is 7.74. The summed E-state index contributed by atoms with van der Waals surface area (Å²) in [7, 11) is -3.20. The number of para-hydroxylation sites is 1. The van der Waals surface area contributed by atoms with Gasteiger partial charge in [-0.25, -0.2) is 13.1 Å². The number of nitrogens with one attached hydrogen (secondary N) is 1. The lowest BCUT2D eigenvalue weighted by atomic mass is 9.86. The number of likely N-dealkylation sites (tertiary alicyclic amines) is 1. The van der Waals surface area contributed by atoms with Crippen LogP contribution in [-0.2, 0) is 20.2 Å². The maximum Gasteiger partial charge on any atom is 0.260 e. The molecular formula is C18H28N2O4S. The van der Waals surface area contributed by atoms with Crippen molar-refractivity contribution in [2.24, 2.45) is 0 Å². The summed E-state index contributed by atoms with van der Waals surface area (Å²) < 4.78 is 30.9. The molecule has 0 radical (unpaired) electrons. The molecule has 0 bridgehead atoms. The molecule has 2 rings (SSSR count). The second-order valence-corrected chi connectivity index (χ2v) is 9.36. The molecule has 0 saturated carbocycles. The first-order valence-electron chi connectivity index (χ1n) is 8.53. The number of rotatable bonds is 5. The van der Waals surface area contributed by atoms with Crippen LogP contribution in [0.1, 0.15) is 39.2 Å². The van der Waals surface area contributed by atoms with E-state index < -0.39 is 10.0 Å². The van der Waals surface area contributed by atoms with Crippen LogP contribution in [0.4, 0.5) is 0 Å². The minimum absolute atomic E-state index is 0.00271. The minimum Gasteiger partial charge on any atom is -0.483 e. The fourth-order valence-corrected chi connectivity index (χ4v) is 3.83. The van der Waals surface area contributed by atoms with Crippen LogP contribution in [0.5, 0.6) is 5.75 Å². The molecule has 1 aliphatic rings. The fourth-order valence-electron chi connectivity index (χ4n) is 2.99. The van der Waals surface area contributed by atoms with Crippen LogP contribution in [0.15, 0.2) is 24.3 Å². The molecule has 6 nitrogen and oxygen atoms in total. The summed E-state index contributed by atoms with van der Waals surface area (Å²) >= 11 is 0. The van der Waals surface area contributed by atoms with Gasteiger partial charge in [0.1, 0.15) is 5.75 Å². The Hall–Kier alpha value is -1.60. The van der Waals surface area contributed by atoms with E-state index in [1.54, 1.807) is 4.90 Å². The summed E-state index contributed by atoms with van der Waals surface area (Å²) in [6.07, 6.45) is 2.40. The molecule has 0 atom stereocenters. The molecule has 140 valence electrons. The van der Waals surface area contributed by atoms with E-state index >= 15 is 0 Å². The highest BCUT2D eigenvalue weighted by Gasteiger charge is 2.25. The maximum absolute atomic E-state index is 12.4. The van der Waals surface area contributed by atoms with E-state index in [-0.39, 0.29) is 24.0 Å². The van der Waals surface area contributed by atoms with Crippen LogP contribution in [0, 0.1) is 0 Å². The molecule has 0 aliphatic carbocycles. The van der Waals surface area contributed by atoms with E-state index in [2.05, 4.69) is 25.5 Å². The van der Waals surface area contributed by atoms with Crippen LogP contribution in [-0.4, -0.2) is 51.2 Å². The van der Waals surface area contributed by atoms with Crippen LogP contribution in [0.25, 0.3) is 0 Å². The SMILES string of the molecule is CC(C)(C)c1ccccc1OCC(=O)N1CCC(NS(C)(=O)=O)CC1. The van der Waals surface area contributed by atoms with Crippen molar-refractivity contribution in [3.63, 3.8) is 0 Å². The molecule has 0 aromatic heterocycles. The first-order chi connectivity index (χ1) is 11.6. The number of ether oxygens (including phenoxy) is 1. The van der Waals surface area contributed by atoms with Gasteiger partial charge in [0.2, 0.25) is 10.0 Å². The van der Waals surface area contributed by atoms with Gasteiger partial charge in [-0.2, -0.15) is 0 Å². The topological polar surface area (TPSA) is 75.7 Å². The van der Waals surface area contributed by atoms with E-state index in [0.717, 1.165) is 17.6 Å². The van der Waals surface area contributed by atoms with E-state index in [1.165, 1.54) is 0 Å². The lowest BCUT2D eigenvalue weighted by Crippen LogP contribution is -2.47. The van der Waals surface area contributed by atoms with Gasteiger partial charge in [-0.15, -0.1) is 0 Å². The van der Waals surface area contributed by atoms with Crippen molar-refractivity contribution in [1.29, 1.82) is 0 Å². The van der Waals surface area contributed by atoms with Gasteiger partial charge in [-0.05, 0) is 29.9 Å². The number of carbonyl (C=O) groups excluding carboxylic acids is 1. The molecule has 1 aromatic rings. The van der Waals surface area contributed by atoms with Gasteiger partial charge in [0.25, 0.3) is 5.91 Å². The Kier molecular flexibility index (Phi) is 6.11. The quantitative estimate of drug-likeness (QED) is 0.861. The van der Waals surface area contributed by atoms with Crippen LogP contribution in [0.3, 0.4) is 0 Å². The van der Waals surface area contributed by atoms with Crippen LogP contribution < -0.4 is 9.46 Å². The van der Waals surface area contributed by atoms with Gasteiger partial charge in [-0.3, -0.25) is 4.79 Å². The molecule has 0 spiro atoms. The first-order valence-corrected chi connectivity index (χ1v) is 10.4. The zero-order valence-corrected chi connectivity index (χ0v) is 16.2. The molecule has 1 fully saturated rings. The lowest BCUT2D eigenvalue weighted by Gasteiger charge is -2.32. The molecule has 25 heavy (non-hydrogen) atoms. The summed E-state index contributed by atoms with van der Waals surface area (Å²) in [5, 5.41) is 0. The van der Waals surface area contributed by atoms with Crippen LogP contribution in [0.2, 0.25) is 0 Å². The first kappa shape index (κ1) is 19.7. The molecule has 0 unspecified atom stereocenters. The van der Waals surface area contributed by atoms with E-state index in [1.807, 2.05) is 24.3 Å². The average Bonchev–Trinajstić information content (AvgIpc) is 2.51. The molecule has 1 saturated heterocycles. The Morgan fingerprint density at radius 2 is 1.84 bits per heavy atom. The third kappa shape index (κ3) is 6.01. The molecule has 1 N–H and O–H groups in total.